The third-order valence-electron chi connectivity index (χ3n) is 2.40. The van der Waals surface area contributed by atoms with E-state index in [1.165, 1.54) is 0 Å². The Morgan fingerprint density at radius 1 is 1.44 bits per heavy atom. The van der Waals surface area contributed by atoms with E-state index in [0.717, 1.165) is 12.2 Å². The smallest absolute Gasteiger partial charge is 0.251 e. The van der Waals surface area contributed by atoms with Crippen molar-refractivity contribution >= 4 is 5.91 Å². The van der Waals surface area contributed by atoms with E-state index in [9.17, 15) is 4.79 Å². The van der Waals surface area contributed by atoms with Gasteiger partial charge < -0.3 is 10.1 Å². The van der Waals surface area contributed by atoms with Gasteiger partial charge in [-0.25, -0.2) is 0 Å². The van der Waals surface area contributed by atoms with Crippen molar-refractivity contribution in [2.24, 2.45) is 0 Å². The normalized spacial score (nSPS) is 11.9. The molecule has 0 aliphatic heterocycles. The Morgan fingerprint density at radius 3 is 2.81 bits per heavy atom. The highest BCUT2D eigenvalue weighted by molar-refractivity contribution is 5.94. The van der Waals surface area contributed by atoms with Crippen LogP contribution in [0.4, 0.5) is 0 Å². The van der Waals surface area contributed by atoms with E-state index in [1.54, 1.807) is 12.1 Å². The van der Waals surface area contributed by atoms with E-state index in [4.69, 9.17) is 4.74 Å². The van der Waals surface area contributed by atoms with Crippen LogP contribution in [-0.4, -0.2) is 18.6 Å². The summed E-state index contributed by atoms with van der Waals surface area (Å²) in [6.07, 6.45) is 0.927. The lowest BCUT2D eigenvalue weighted by atomic mass is 10.2. The molecule has 0 saturated carbocycles. The molecule has 0 saturated heterocycles. The monoisotopic (exact) mass is 221 g/mol. The highest BCUT2D eigenvalue weighted by Gasteiger charge is 2.08. The van der Waals surface area contributed by atoms with Crippen LogP contribution >= 0.6 is 0 Å². The van der Waals surface area contributed by atoms with E-state index in [2.05, 4.69) is 5.32 Å². The lowest BCUT2D eigenvalue weighted by molar-refractivity contribution is 0.0939. The molecule has 0 heterocycles. The Morgan fingerprint density at radius 2 is 2.19 bits per heavy atom. The van der Waals surface area contributed by atoms with Gasteiger partial charge >= 0.3 is 0 Å². The van der Waals surface area contributed by atoms with E-state index in [1.807, 2.05) is 32.9 Å². The third kappa shape index (κ3) is 3.57. The topological polar surface area (TPSA) is 38.3 Å². The molecule has 16 heavy (non-hydrogen) atoms. The lowest BCUT2D eigenvalue weighted by Crippen LogP contribution is -2.31. The number of amides is 1. The van der Waals surface area contributed by atoms with E-state index in [-0.39, 0.29) is 11.9 Å². The van der Waals surface area contributed by atoms with Crippen LogP contribution in [0.3, 0.4) is 0 Å². The highest BCUT2D eigenvalue weighted by Crippen LogP contribution is 2.13. The fourth-order valence-electron chi connectivity index (χ4n) is 1.30. The summed E-state index contributed by atoms with van der Waals surface area (Å²) in [5.74, 6) is 0.690. The number of hydrogen-bond donors (Lipinski definition) is 1. The zero-order chi connectivity index (χ0) is 12.0. The van der Waals surface area contributed by atoms with Crippen molar-refractivity contribution < 1.29 is 9.53 Å². The van der Waals surface area contributed by atoms with Crippen molar-refractivity contribution in [3.8, 4) is 5.75 Å². The van der Waals surface area contributed by atoms with Gasteiger partial charge in [-0.2, -0.15) is 0 Å². The fraction of sp³-hybridized carbons (Fsp3) is 0.462. The van der Waals surface area contributed by atoms with Gasteiger partial charge in [0.15, 0.2) is 0 Å². The van der Waals surface area contributed by atoms with Crippen LogP contribution in [0.2, 0.25) is 0 Å². The van der Waals surface area contributed by atoms with Gasteiger partial charge in [-0.3, -0.25) is 4.79 Å². The Labute approximate surface area is 96.8 Å². The van der Waals surface area contributed by atoms with Crippen molar-refractivity contribution in [2.75, 3.05) is 6.61 Å². The molecule has 0 radical (unpaired) electrons. The first-order chi connectivity index (χ1) is 7.67. The molecule has 88 valence electrons. The number of hydrogen-bond acceptors (Lipinski definition) is 2. The largest absolute Gasteiger partial charge is 0.494 e. The van der Waals surface area contributed by atoms with Gasteiger partial charge in [0.2, 0.25) is 0 Å². The molecule has 1 aromatic carbocycles. The Balaban J connectivity index is 2.71. The van der Waals surface area contributed by atoms with Gasteiger partial charge in [-0.1, -0.05) is 13.0 Å². The zero-order valence-electron chi connectivity index (χ0n) is 10.1. The molecule has 1 atom stereocenters. The van der Waals surface area contributed by atoms with Crippen LogP contribution < -0.4 is 10.1 Å². The van der Waals surface area contributed by atoms with Crippen LogP contribution in [0.15, 0.2) is 24.3 Å². The summed E-state index contributed by atoms with van der Waals surface area (Å²) in [5.41, 5.74) is 0.645. The molecular weight excluding hydrogens is 202 g/mol. The van der Waals surface area contributed by atoms with Crippen molar-refractivity contribution in [2.45, 2.75) is 33.2 Å². The van der Waals surface area contributed by atoms with Gasteiger partial charge in [0.1, 0.15) is 5.75 Å². The van der Waals surface area contributed by atoms with Crippen molar-refractivity contribution in [1.29, 1.82) is 0 Å². The summed E-state index contributed by atoms with van der Waals surface area (Å²) < 4.78 is 5.35. The van der Waals surface area contributed by atoms with Gasteiger partial charge in [0.25, 0.3) is 5.91 Å². The predicted octanol–water partition coefficient (Wildman–Crippen LogP) is 2.61. The van der Waals surface area contributed by atoms with Gasteiger partial charge in [0, 0.05) is 11.6 Å². The second-order valence-corrected chi connectivity index (χ2v) is 3.74. The highest BCUT2D eigenvalue weighted by atomic mass is 16.5. The predicted molar refractivity (Wildman–Crippen MR) is 64.8 cm³/mol. The summed E-state index contributed by atoms with van der Waals surface area (Å²) in [5, 5.41) is 2.92. The number of rotatable bonds is 5. The van der Waals surface area contributed by atoms with Crippen LogP contribution in [0, 0.1) is 0 Å². The Bertz CT molecular complexity index is 350. The van der Waals surface area contributed by atoms with Crippen molar-refractivity contribution in [3.63, 3.8) is 0 Å². The molecule has 0 bridgehead atoms. The lowest BCUT2D eigenvalue weighted by Gasteiger charge is -2.12. The van der Waals surface area contributed by atoms with Gasteiger partial charge in [-0.15, -0.1) is 0 Å². The minimum atomic E-state index is -0.0455. The maximum atomic E-state index is 11.8. The molecule has 1 aromatic rings. The number of nitrogens with one attached hydrogen (secondary N) is 1. The maximum Gasteiger partial charge on any atom is 0.251 e. The Kier molecular flexibility index (Phi) is 4.83. The first kappa shape index (κ1) is 12.6. The number of carbonyl (C=O) groups is 1. The summed E-state index contributed by atoms with van der Waals surface area (Å²) in [6.45, 7) is 6.56. The molecule has 0 spiro atoms. The molecule has 1 amide bonds. The van der Waals surface area contributed by atoms with Crippen LogP contribution in [0.5, 0.6) is 5.75 Å². The molecule has 3 heteroatoms. The Hall–Kier alpha value is -1.51. The standard InChI is InChI=1S/C13H19NO2/c1-4-10(3)14-13(15)11-7-6-8-12(9-11)16-5-2/h6-10H,4-5H2,1-3H3,(H,14,15)/t10-/m0/s1. The number of carbonyl (C=O) groups excluding carboxylic acids is 1. The summed E-state index contributed by atoms with van der Waals surface area (Å²) in [4.78, 5) is 11.8. The van der Waals surface area contributed by atoms with Crippen LogP contribution in [0.25, 0.3) is 0 Å². The summed E-state index contributed by atoms with van der Waals surface area (Å²) in [6, 6.07) is 7.44. The molecule has 0 aromatic heterocycles. The second kappa shape index (κ2) is 6.16. The van der Waals surface area contributed by atoms with Crippen molar-refractivity contribution in [1.82, 2.24) is 5.32 Å². The summed E-state index contributed by atoms with van der Waals surface area (Å²) in [7, 11) is 0. The molecule has 0 aliphatic carbocycles. The minimum Gasteiger partial charge on any atom is -0.494 e. The van der Waals surface area contributed by atoms with E-state index < -0.39 is 0 Å². The average Bonchev–Trinajstić information content (AvgIpc) is 2.29. The summed E-state index contributed by atoms with van der Waals surface area (Å²) >= 11 is 0. The van der Waals surface area contributed by atoms with Crippen LogP contribution in [0.1, 0.15) is 37.6 Å². The zero-order valence-corrected chi connectivity index (χ0v) is 10.1. The van der Waals surface area contributed by atoms with Gasteiger partial charge in [-0.05, 0) is 38.5 Å². The minimum absolute atomic E-state index is 0.0455. The molecule has 3 nitrogen and oxygen atoms in total. The quantitative estimate of drug-likeness (QED) is 0.830. The molecule has 0 unspecified atom stereocenters. The SMILES string of the molecule is CCOc1cccc(C(=O)N[C@@H](C)CC)c1. The van der Waals surface area contributed by atoms with Crippen molar-refractivity contribution in [3.05, 3.63) is 29.8 Å². The molecule has 0 aliphatic rings. The first-order valence-corrected chi connectivity index (χ1v) is 5.71. The average molecular weight is 221 g/mol. The van der Waals surface area contributed by atoms with E-state index >= 15 is 0 Å². The molecular formula is C13H19NO2. The third-order valence-corrected chi connectivity index (χ3v) is 2.40. The molecule has 0 fully saturated rings. The molecule has 1 rings (SSSR count). The maximum absolute atomic E-state index is 11.8. The fourth-order valence-corrected chi connectivity index (χ4v) is 1.30. The second-order valence-electron chi connectivity index (χ2n) is 3.74. The number of ether oxygens (including phenoxy) is 1. The first-order valence-electron chi connectivity index (χ1n) is 5.71. The molecule has 1 N–H and O–H groups in total. The van der Waals surface area contributed by atoms with Gasteiger partial charge in [0.05, 0.1) is 6.61 Å². The van der Waals surface area contributed by atoms with Crippen LogP contribution in [-0.2, 0) is 0 Å². The van der Waals surface area contributed by atoms with E-state index in [0.29, 0.717) is 12.2 Å². The number of benzene rings is 1.